The highest BCUT2D eigenvalue weighted by molar-refractivity contribution is 7.16. The molecule has 2 aromatic carbocycles. The van der Waals surface area contributed by atoms with Crippen molar-refractivity contribution in [1.82, 2.24) is 4.57 Å². The summed E-state index contributed by atoms with van der Waals surface area (Å²) in [5.41, 5.74) is 1.75. The van der Waals surface area contributed by atoms with Crippen molar-refractivity contribution in [3.8, 4) is 0 Å². The van der Waals surface area contributed by atoms with Crippen LogP contribution in [0.2, 0.25) is 0 Å². The number of fused-ring (bicyclic) bond motifs is 2. The summed E-state index contributed by atoms with van der Waals surface area (Å²) in [6.07, 6.45) is 0. The Hall–Kier alpha value is -3.52. The number of nitrogens with zero attached hydrogens (tertiary/aromatic N) is 2. The minimum absolute atomic E-state index is 0.0769. The first-order valence-electron chi connectivity index (χ1n) is 9.34. The van der Waals surface area contributed by atoms with Gasteiger partial charge in [0.25, 0.3) is 0 Å². The van der Waals surface area contributed by atoms with Crippen molar-refractivity contribution < 1.29 is 18.7 Å². The summed E-state index contributed by atoms with van der Waals surface area (Å²) in [7, 11) is 0. The Morgan fingerprint density at radius 3 is 2.77 bits per heavy atom. The number of benzene rings is 2. The lowest BCUT2D eigenvalue weighted by Gasteiger charge is -2.06. The van der Waals surface area contributed by atoms with Gasteiger partial charge in [-0.05, 0) is 37.6 Å². The first-order chi connectivity index (χ1) is 14.5. The molecule has 0 atom stereocenters. The average molecular weight is 422 g/mol. The Morgan fingerprint density at radius 1 is 1.17 bits per heavy atom. The number of ether oxygens (including phenoxy) is 1. The molecule has 8 heteroatoms. The zero-order valence-corrected chi connectivity index (χ0v) is 17.2. The number of hydrogen-bond donors (Lipinski definition) is 0. The number of carbonyl (C=O) groups is 2. The summed E-state index contributed by atoms with van der Waals surface area (Å²) in [4.78, 5) is 41.8. The van der Waals surface area contributed by atoms with E-state index in [0.29, 0.717) is 15.8 Å². The lowest BCUT2D eigenvalue weighted by molar-refractivity contribution is -0.143. The monoisotopic (exact) mass is 422 g/mol. The van der Waals surface area contributed by atoms with Gasteiger partial charge in [-0.15, -0.1) is 0 Å². The Morgan fingerprint density at radius 2 is 1.97 bits per heavy atom. The van der Waals surface area contributed by atoms with Gasteiger partial charge in [-0.25, -0.2) is 0 Å². The van der Waals surface area contributed by atoms with E-state index in [-0.39, 0.29) is 24.3 Å². The maximum absolute atomic E-state index is 12.8. The normalized spacial score (nSPS) is 11.9. The van der Waals surface area contributed by atoms with Gasteiger partial charge in [-0.1, -0.05) is 35.6 Å². The molecule has 0 fully saturated rings. The van der Waals surface area contributed by atoms with Crippen LogP contribution >= 0.6 is 11.3 Å². The van der Waals surface area contributed by atoms with Crippen molar-refractivity contribution >= 4 is 44.4 Å². The van der Waals surface area contributed by atoms with Crippen molar-refractivity contribution in [3.05, 3.63) is 74.9 Å². The Kier molecular flexibility index (Phi) is 5.33. The van der Waals surface area contributed by atoms with E-state index in [1.54, 1.807) is 35.8 Å². The summed E-state index contributed by atoms with van der Waals surface area (Å²) in [5.74, 6) is -1.28. The van der Waals surface area contributed by atoms with Gasteiger partial charge in [0.2, 0.25) is 0 Å². The van der Waals surface area contributed by atoms with Crippen molar-refractivity contribution in [2.45, 2.75) is 20.4 Å². The van der Waals surface area contributed by atoms with Crippen LogP contribution in [0, 0.1) is 6.92 Å². The van der Waals surface area contributed by atoms with Crippen LogP contribution in [0.3, 0.4) is 0 Å². The Labute approximate surface area is 174 Å². The quantitative estimate of drug-likeness (QED) is 0.470. The second kappa shape index (κ2) is 8.08. The summed E-state index contributed by atoms with van der Waals surface area (Å²) < 4.78 is 13.2. The zero-order valence-electron chi connectivity index (χ0n) is 16.4. The third-order valence-corrected chi connectivity index (χ3v) is 5.58. The highest BCUT2D eigenvalue weighted by Crippen LogP contribution is 2.21. The van der Waals surface area contributed by atoms with Crippen LogP contribution in [0.4, 0.5) is 0 Å². The number of aryl methyl sites for hydroxylation is 1. The fourth-order valence-electron chi connectivity index (χ4n) is 3.23. The molecule has 2 aromatic heterocycles. The fraction of sp³-hybridized carbons (Fsp3) is 0.182. The molecule has 0 saturated carbocycles. The highest BCUT2D eigenvalue weighted by Gasteiger charge is 2.16. The number of para-hydroxylation sites is 2. The van der Waals surface area contributed by atoms with Gasteiger partial charge in [0.05, 0.1) is 22.2 Å². The highest BCUT2D eigenvalue weighted by atomic mass is 32.1. The molecule has 0 radical (unpaired) electrons. The molecular formula is C22H18N2O5S. The molecule has 0 unspecified atom stereocenters. The molecule has 0 saturated heterocycles. The average Bonchev–Trinajstić information content (AvgIpc) is 3.06. The molecule has 0 spiro atoms. The number of thiazole rings is 1. The van der Waals surface area contributed by atoms with Gasteiger partial charge in [0.1, 0.15) is 12.1 Å². The summed E-state index contributed by atoms with van der Waals surface area (Å²) >= 11 is 1.28. The molecule has 4 aromatic rings. The summed E-state index contributed by atoms with van der Waals surface area (Å²) in [6, 6.07) is 13.6. The van der Waals surface area contributed by atoms with Crippen LogP contribution < -0.4 is 10.2 Å². The van der Waals surface area contributed by atoms with E-state index in [9.17, 15) is 14.4 Å². The van der Waals surface area contributed by atoms with E-state index in [1.807, 2.05) is 25.1 Å². The number of aromatic nitrogens is 1. The molecule has 0 aliphatic rings. The van der Waals surface area contributed by atoms with Gasteiger partial charge in [-0.2, -0.15) is 4.99 Å². The van der Waals surface area contributed by atoms with E-state index in [4.69, 9.17) is 9.15 Å². The maximum atomic E-state index is 12.8. The zero-order chi connectivity index (χ0) is 21.3. The van der Waals surface area contributed by atoms with Crippen LogP contribution in [0.1, 0.15) is 23.0 Å². The van der Waals surface area contributed by atoms with Crippen LogP contribution in [0.15, 0.2) is 62.7 Å². The topological polar surface area (TPSA) is 90.9 Å². The fourth-order valence-corrected chi connectivity index (χ4v) is 4.33. The van der Waals surface area contributed by atoms with Gasteiger partial charge in [0.15, 0.2) is 16.0 Å². The molecule has 0 aliphatic heterocycles. The predicted octanol–water partition coefficient (Wildman–Crippen LogP) is 3.42. The molecule has 4 rings (SSSR count). The molecule has 1 amide bonds. The summed E-state index contributed by atoms with van der Waals surface area (Å²) in [6.45, 7) is 3.83. The molecule has 0 aliphatic carbocycles. The van der Waals surface area contributed by atoms with E-state index in [1.165, 1.54) is 11.3 Å². The van der Waals surface area contributed by atoms with Crippen LogP contribution in [-0.4, -0.2) is 23.1 Å². The number of rotatable bonds is 4. The number of hydrogen-bond acceptors (Lipinski definition) is 6. The minimum atomic E-state index is -0.695. The van der Waals surface area contributed by atoms with Gasteiger partial charge in [0, 0.05) is 6.07 Å². The molecule has 7 nitrogen and oxygen atoms in total. The minimum Gasteiger partial charge on any atom is -0.465 e. The first kappa shape index (κ1) is 19.8. The standard InChI is InChI=1S/C22H18N2O5S/c1-3-28-19(26)12-24-20-13(2)7-6-10-18(20)30-22(24)23-21(27)17-11-15(25)14-8-4-5-9-16(14)29-17/h4-11H,3,12H2,1-2H3. The van der Waals surface area contributed by atoms with Gasteiger partial charge >= 0.3 is 11.9 Å². The van der Waals surface area contributed by atoms with E-state index >= 15 is 0 Å². The van der Waals surface area contributed by atoms with Crippen LogP contribution in [-0.2, 0) is 16.1 Å². The molecule has 2 heterocycles. The predicted molar refractivity (Wildman–Crippen MR) is 114 cm³/mol. The molecule has 30 heavy (non-hydrogen) atoms. The van der Waals surface area contributed by atoms with Crippen molar-refractivity contribution in [2.75, 3.05) is 6.61 Å². The number of carbonyl (C=O) groups excluding carboxylic acids is 2. The van der Waals surface area contributed by atoms with Gasteiger partial charge < -0.3 is 13.7 Å². The molecule has 0 bridgehead atoms. The first-order valence-corrected chi connectivity index (χ1v) is 10.2. The third kappa shape index (κ3) is 3.69. The molecule has 0 N–H and O–H groups in total. The third-order valence-electron chi connectivity index (χ3n) is 4.54. The van der Waals surface area contributed by atoms with Crippen molar-refractivity contribution in [1.29, 1.82) is 0 Å². The second-order valence-corrected chi connectivity index (χ2v) is 7.59. The Balaban J connectivity index is 1.86. The van der Waals surface area contributed by atoms with E-state index in [2.05, 4.69) is 4.99 Å². The SMILES string of the molecule is CCOC(=O)Cn1c(=NC(=O)c2cc(=O)c3ccccc3o2)sc2cccc(C)c21. The van der Waals surface area contributed by atoms with Gasteiger partial charge in [-0.3, -0.25) is 14.4 Å². The second-order valence-electron chi connectivity index (χ2n) is 6.59. The number of esters is 1. The lowest BCUT2D eigenvalue weighted by Crippen LogP contribution is -2.23. The van der Waals surface area contributed by atoms with E-state index in [0.717, 1.165) is 21.8 Å². The van der Waals surface area contributed by atoms with E-state index < -0.39 is 11.9 Å². The van der Waals surface area contributed by atoms with Crippen LogP contribution in [0.5, 0.6) is 0 Å². The number of amides is 1. The smallest absolute Gasteiger partial charge is 0.326 e. The Bertz CT molecular complexity index is 1410. The molecular weight excluding hydrogens is 404 g/mol. The maximum Gasteiger partial charge on any atom is 0.326 e. The molecule has 152 valence electrons. The largest absolute Gasteiger partial charge is 0.465 e. The van der Waals surface area contributed by atoms with Crippen molar-refractivity contribution in [2.24, 2.45) is 4.99 Å². The van der Waals surface area contributed by atoms with Crippen molar-refractivity contribution in [3.63, 3.8) is 0 Å². The lowest BCUT2D eigenvalue weighted by atomic mass is 10.2. The van der Waals surface area contributed by atoms with Crippen LogP contribution in [0.25, 0.3) is 21.2 Å². The summed E-state index contributed by atoms with van der Waals surface area (Å²) in [5, 5.41) is 0.393.